The highest BCUT2D eigenvalue weighted by atomic mass is 16.1. The van der Waals surface area contributed by atoms with Gasteiger partial charge in [0.1, 0.15) is 0 Å². The van der Waals surface area contributed by atoms with Crippen molar-refractivity contribution in [1.29, 1.82) is 0 Å². The molecule has 0 saturated carbocycles. The van der Waals surface area contributed by atoms with Gasteiger partial charge in [-0.05, 0) is 29.2 Å². The van der Waals surface area contributed by atoms with Gasteiger partial charge in [0.2, 0.25) is 0 Å². The fourth-order valence-corrected chi connectivity index (χ4v) is 3.51. The maximum atomic E-state index is 11.2. The molecule has 0 saturated heterocycles. The van der Waals surface area contributed by atoms with Gasteiger partial charge in [-0.3, -0.25) is 4.79 Å². The van der Waals surface area contributed by atoms with Gasteiger partial charge < -0.3 is 0 Å². The molecule has 0 unspecified atom stereocenters. The van der Waals surface area contributed by atoms with Crippen LogP contribution in [0.1, 0.15) is 87.1 Å². The summed E-state index contributed by atoms with van der Waals surface area (Å²) in [4.78, 5) is 11.2. The lowest BCUT2D eigenvalue weighted by atomic mass is 9.96. The molecule has 0 atom stereocenters. The normalized spacial score (nSPS) is 11.0. The molecule has 2 rings (SSSR count). The molecule has 0 aliphatic carbocycles. The predicted molar refractivity (Wildman–Crippen MR) is 105 cm³/mol. The molecular weight excluding hydrogens is 292 g/mol. The molecule has 2 aromatic rings. The van der Waals surface area contributed by atoms with Crippen LogP contribution in [-0.2, 0) is 6.42 Å². The minimum absolute atomic E-state index is 0.803. The van der Waals surface area contributed by atoms with Crippen molar-refractivity contribution in [2.75, 3.05) is 0 Å². The van der Waals surface area contributed by atoms with E-state index in [-0.39, 0.29) is 0 Å². The minimum atomic E-state index is 0.803. The van der Waals surface area contributed by atoms with Crippen molar-refractivity contribution in [1.82, 2.24) is 0 Å². The van der Waals surface area contributed by atoms with Gasteiger partial charge in [0.05, 0.1) is 0 Å². The highest BCUT2D eigenvalue weighted by Gasteiger charge is 2.05. The van der Waals surface area contributed by atoms with Crippen LogP contribution in [0.25, 0.3) is 10.8 Å². The molecule has 0 aliphatic rings. The van der Waals surface area contributed by atoms with Crippen molar-refractivity contribution in [3.8, 4) is 0 Å². The van der Waals surface area contributed by atoms with Gasteiger partial charge >= 0.3 is 0 Å². The molecule has 1 heteroatoms. The lowest BCUT2D eigenvalue weighted by Crippen LogP contribution is -1.92. The second-order valence-electron chi connectivity index (χ2n) is 6.91. The molecule has 0 fully saturated rings. The van der Waals surface area contributed by atoms with Crippen molar-refractivity contribution >= 4 is 17.1 Å². The molecule has 0 spiro atoms. The molecule has 24 heavy (non-hydrogen) atoms. The lowest BCUT2D eigenvalue weighted by molar-refractivity contribution is 0.112. The third-order valence-electron chi connectivity index (χ3n) is 4.97. The van der Waals surface area contributed by atoms with Crippen LogP contribution in [0, 0.1) is 0 Å². The monoisotopic (exact) mass is 324 g/mol. The summed E-state index contributed by atoms with van der Waals surface area (Å²) >= 11 is 0. The number of unbranched alkanes of at least 4 members (excludes halogenated alkanes) is 9. The number of fused-ring (bicyclic) bond motifs is 1. The van der Waals surface area contributed by atoms with Crippen LogP contribution in [0.15, 0.2) is 36.4 Å². The number of carbonyl (C=O) groups is 1. The second-order valence-corrected chi connectivity index (χ2v) is 6.91. The summed E-state index contributed by atoms with van der Waals surface area (Å²) in [6.45, 7) is 2.27. The fourth-order valence-electron chi connectivity index (χ4n) is 3.51. The second kappa shape index (κ2) is 11.0. The molecule has 0 amide bonds. The average molecular weight is 325 g/mol. The molecule has 0 radical (unpaired) electrons. The Kier molecular flexibility index (Phi) is 8.59. The van der Waals surface area contributed by atoms with Crippen LogP contribution in [0.2, 0.25) is 0 Å². The summed E-state index contributed by atoms with van der Waals surface area (Å²) in [5.41, 5.74) is 2.19. The quantitative estimate of drug-likeness (QED) is 0.300. The highest BCUT2D eigenvalue weighted by Crippen LogP contribution is 2.23. The maximum Gasteiger partial charge on any atom is 0.150 e. The fraction of sp³-hybridized carbons (Fsp3) is 0.522. The Morgan fingerprint density at radius 1 is 0.708 bits per heavy atom. The van der Waals surface area contributed by atoms with Crippen molar-refractivity contribution in [2.45, 2.75) is 77.6 Å². The molecule has 130 valence electrons. The number of hydrogen-bond acceptors (Lipinski definition) is 1. The van der Waals surface area contributed by atoms with Gasteiger partial charge in [-0.25, -0.2) is 0 Å². The molecule has 1 nitrogen and oxygen atoms in total. The molecular formula is C23H32O. The number of hydrogen-bond donors (Lipinski definition) is 0. The van der Waals surface area contributed by atoms with Crippen molar-refractivity contribution in [3.05, 3.63) is 47.5 Å². The van der Waals surface area contributed by atoms with Crippen LogP contribution in [0.5, 0.6) is 0 Å². The molecule has 0 bridgehead atoms. The van der Waals surface area contributed by atoms with E-state index in [1.807, 2.05) is 12.1 Å². The number of aldehydes is 1. The molecule has 0 aliphatic heterocycles. The highest BCUT2D eigenvalue weighted by molar-refractivity contribution is 5.99. The van der Waals surface area contributed by atoms with Crippen molar-refractivity contribution in [3.63, 3.8) is 0 Å². The number of rotatable bonds is 12. The molecule has 2 aromatic carbocycles. The van der Waals surface area contributed by atoms with E-state index in [1.165, 1.54) is 75.2 Å². The average Bonchev–Trinajstić information content (AvgIpc) is 2.63. The van der Waals surface area contributed by atoms with Crippen LogP contribution < -0.4 is 0 Å². The van der Waals surface area contributed by atoms with E-state index in [0.717, 1.165) is 23.7 Å². The predicted octanol–water partition coefficient (Wildman–Crippen LogP) is 7.12. The van der Waals surface area contributed by atoms with E-state index < -0.39 is 0 Å². The molecule has 0 heterocycles. The summed E-state index contributed by atoms with van der Waals surface area (Å²) in [6, 6.07) is 12.4. The summed E-state index contributed by atoms with van der Waals surface area (Å²) in [5.74, 6) is 0. The van der Waals surface area contributed by atoms with E-state index in [4.69, 9.17) is 0 Å². The van der Waals surface area contributed by atoms with Gasteiger partial charge in [-0.1, -0.05) is 101 Å². The van der Waals surface area contributed by atoms with E-state index in [9.17, 15) is 4.79 Å². The Balaban J connectivity index is 1.70. The lowest BCUT2D eigenvalue weighted by Gasteiger charge is -2.08. The van der Waals surface area contributed by atoms with Crippen LogP contribution >= 0.6 is 0 Å². The summed E-state index contributed by atoms with van der Waals surface area (Å²) in [5, 5.41) is 2.34. The molecule has 0 N–H and O–H groups in total. The van der Waals surface area contributed by atoms with Crippen LogP contribution in [0.3, 0.4) is 0 Å². The summed E-state index contributed by atoms with van der Waals surface area (Å²) < 4.78 is 0. The topological polar surface area (TPSA) is 17.1 Å². The van der Waals surface area contributed by atoms with E-state index in [2.05, 4.69) is 31.2 Å². The Morgan fingerprint density at radius 2 is 1.29 bits per heavy atom. The Bertz CT molecular complexity index is 614. The largest absolute Gasteiger partial charge is 0.298 e. The van der Waals surface area contributed by atoms with Gasteiger partial charge in [0.15, 0.2) is 6.29 Å². The van der Waals surface area contributed by atoms with Crippen LogP contribution in [0.4, 0.5) is 0 Å². The summed E-state index contributed by atoms with van der Waals surface area (Å²) in [6.07, 6.45) is 15.8. The van der Waals surface area contributed by atoms with Crippen molar-refractivity contribution < 1.29 is 4.79 Å². The van der Waals surface area contributed by atoms with Crippen molar-refractivity contribution in [2.24, 2.45) is 0 Å². The van der Waals surface area contributed by atoms with Gasteiger partial charge in [-0.15, -0.1) is 0 Å². The third kappa shape index (κ3) is 5.78. The Morgan fingerprint density at radius 3 is 1.92 bits per heavy atom. The Hall–Kier alpha value is -1.63. The zero-order valence-corrected chi connectivity index (χ0v) is 15.2. The van der Waals surface area contributed by atoms with E-state index in [1.54, 1.807) is 0 Å². The third-order valence-corrected chi connectivity index (χ3v) is 4.97. The van der Waals surface area contributed by atoms with E-state index >= 15 is 0 Å². The maximum absolute atomic E-state index is 11.2. The zero-order valence-electron chi connectivity index (χ0n) is 15.2. The van der Waals surface area contributed by atoms with Gasteiger partial charge in [0, 0.05) is 5.56 Å². The minimum Gasteiger partial charge on any atom is -0.298 e. The van der Waals surface area contributed by atoms with E-state index in [0.29, 0.717) is 0 Å². The number of aryl methyl sites for hydroxylation is 1. The van der Waals surface area contributed by atoms with Crippen LogP contribution in [-0.4, -0.2) is 6.29 Å². The first-order valence-electron chi connectivity index (χ1n) is 9.82. The first kappa shape index (κ1) is 18.7. The smallest absolute Gasteiger partial charge is 0.150 e. The van der Waals surface area contributed by atoms with Gasteiger partial charge in [-0.2, -0.15) is 0 Å². The number of benzene rings is 2. The van der Waals surface area contributed by atoms with Gasteiger partial charge in [0.25, 0.3) is 0 Å². The first-order chi connectivity index (χ1) is 11.9. The number of carbonyl (C=O) groups excluding carboxylic acids is 1. The standard InChI is InChI=1S/C23H32O/c1-2-3-4-5-6-7-8-9-10-11-14-20-17-18-21(19-24)23-16-13-12-15-22(20)23/h12-13,15-19H,2-11,14H2,1H3. The summed E-state index contributed by atoms with van der Waals surface area (Å²) in [7, 11) is 0. The Labute approximate surface area is 147 Å². The molecule has 0 aromatic heterocycles. The first-order valence-corrected chi connectivity index (χ1v) is 9.82. The SMILES string of the molecule is CCCCCCCCCCCCc1ccc(C=O)c2ccccc12. The zero-order chi connectivity index (χ0) is 17.0.